The molecule has 24 heavy (non-hydrogen) atoms. The number of carbonyl (C=O) groups is 1. The maximum absolute atomic E-state index is 12.6. The van der Waals surface area contributed by atoms with Gasteiger partial charge in [0.25, 0.3) is 5.91 Å². The Morgan fingerprint density at radius 2 is 2.00 bits per heavy atom. The third kappa shape index (κ3) is 4.13. The number of aromatic nitrogens is 1. The molecule has 1 aliphatic heterocycles. The van der Waals surface area contributed by atoms with Gasteiger partial charge in [-0.15, -0.1) is 0 Å². The average Bonchev–Trinajstić information content (AvgIpc) is 2.63. The van der Waals surface area contributed by atoms with Crippen LogP contribution in [0.1, 0.15) is 35.2 Å². The second-order valence-electron chi connectivity index (χ2n) is 6.38. The highest BCUT2D eigenvalue weighted by atomic mass is 16.5. The van der Waals surface area contributed by atoms with Crippen LogP contribution < -0.4 is 4.74 Å². The normalized spacial score (nSPS) is 15.3. The molecule has 0 saturated carbocycles. The van der Waals surface area contributed by atoms with Crippen LogP contribution in [0.4, 0.5) is 0 Å². The molecule has 0 radical (unpaired) electrons. The van der Waals surface area contributed by atoms with Crippen molar-refractivity contribution in [1.29, 1.82) is 0 Å². The first-order valence-electron chi connectivity index (χ1n) is 8.62. The molecule has 2 aromatic rings. The number of carbonyl (C=O) groups excluding carboxylic acids is 1. The fourth-order valence-electron chi connectivity index (χ4n) is 3.18. The van der Waals surface area contributed by atoms with E-state index in [0.717, 1.165) is 49.2 Å². The predicted octanol–water partition coefficient (Wildman–Crippen LogP) is 3.71. The Hall–Kier alpha value is -2.36. The highest BCUT2D eigenvalue weighted by Crippen LogP contribution is 2.23. The van der Waals surface area contributed by atoms with Gasteiger partial charge in [0.1, 0.15) is 5.75 Å². The van der Waals surface area contributed by atoms with Crippen molar-refractivity contribution >= 4 is 5.91 Å². The smallest absolute Gasteiger partial charge is 0.254 e. The molecule has 1 fully saturated rings. The topological polar surface area (TPSA) is 42.4 Å². The van der Waals surface area contributed by atoms with Crippen molar-refractivity contribution in [1.82, 2.24) is 9.88 Å². The number of pyridine rings is 1. The Labute approximate surface area is 143 Å². The summed E-state index contributed by atoms with van der Waals surface area (Å²) in [4.78, 5) is 18.7. The number of likely N-dealkylation sites (tertiary alicyclic amines) is 1. The van der Waals surface area contributed by atoms with Gasteiger partial charge in [-0.2, -0.15) is 0 Å². The van der Waals surface area contributed by atoms with Crippen molar-refractivity contribution in [2.75, 3.05) is 19.7 Å². The maximum Gasteiger partial charge on any atom is 0.254 e. The highest BCUT2D eigenvalue weighted by molar-refractivity contribution is 5.95. The van der Waals surface area contributed by atoms with Gasteiger partial charge < -0.3 is 9.64 Å². The van der Waals surface area contributed by atoms with E-state index >= 15 is 0 Å². The quantitative estimate of drug-likeness (QED) is 0.842. The van der Waals surface area contributed by atoms with E-state index in [0.29, 0.717) is 12.5 Å². The summed E-state index contributed by atoms with van der Waals surface area (Å²) in [5, 5.41) is 0. The van der Waals surface area contributed by atoms with Crippen LogP contribution in [0.5, 0.6) is 5.75 Å². The molecule has 4 nitrogen and oxygen atoms in total. The van der Waals surface area contributed by atoms with Crippen molar-refractivity contribution in [2.24, 2.45) is 5.92 Å². The fourth-order valence-corrected chi connectivity index (χ4v) is 3.18. The number of amides is 1. The Bertz CT molecular complexity index is 664. The number of ether oxygens (including phenoxy) is 1. The summed E-state index contributed by atoms with van der Waals surface area (Å²) in [6.45, 7) is 4.38. The fraction of sp³-hybridized carbons (Fsp3) is 0.400. The van der Waals surface area contributed by atoms with Crippen LogP contribution >= 0.6 is 0 Å². The number of nitrogens with zero attached hydrogens (tertiary/aromatic N) is 2. The molecule has 0 spiro atoms. The van der Waals surface area contributed by atoms with Gasteiger partial charge in [0.15, 0.2) is 0 Å². The van der Waals surface area contributed by atoms with Gasteiger partial charge in [0.05, 0.1) is 12.8 Å². The van der Waals surface area contributed by atoms with E-state index in [1.54, 1.807) is 12.4 Å². The molecule has 2 heterocycles. The standard InChI is InChI=1S/C20H24N2O2/c1-16-5-2-3-7-19(16)20(23)22-12-8-17(9-13-22)10-14-24-18-6-4-11-21-15-18/h2-7,11,15,17H,8-10,12-14H2,1H3. The largest absolute Gasteiger partial charge is 0.492 e. The van der Waals surface area contributed by atoms with Crippen molar-refractivity contribution < 1.29 is 9.53 Å². The van der Waals surface area contributed by atoms with Gasteiger partial charge in [-0.1, -0.05) is 18.2 Å². The Morgan fingerprint density at radius 3 is 2.71 bits per heavy atom. The lowest BCUT2D eigenvalue weighted by Crippen LogP contribution is -2.39. The van der Waals surface area contributed by atoms with Crippen LogP contribution in [0.15, 0.2) is 48.8 Å². The molecule has 0 bridgehead atoms. The van der Waals surface area contributed by atoms with Gasteiger partial charge in [-0.05, 0) is 55.9 Å². The molecule has 1 aliphatic rings. The number of hydrogen-bond acceptors (Lipinski definition) is 3. The molecule has 0 N–H and O–H groups in total. The zero-order chi connectivity index (χ0) is 16.8. The molecular weight excluding hydrogens is 300 g/mol. The summed E-state index contributed by atoms with van der Waals surface area (Å²) in [6.07, 6.45) is 6.61. The van der Waals surface area contributed by atoms with E-state index in [9.17, 15) is 4.79 Å². The second-order valence-corrected chi connectivity index (χ2v) is 6.38. The van der Waals surface area contributed by atoms with Crippen molar-refractivity contribution in [3.63, 3.8) is 0 Å². The molecule has 1 amide bonds. The van der Waals surface area contributed by atoms with Crippen LogP contribution in [0, 0.1) is 12.8 Å². The molecular formula is C20H24N2O2. The van der Waals surface area contributed by atoms with Crippen LogP contribution in [0.2, 0.25) is 0 Å². The minimum Gasteiger partial charge on any atom is -0.492 e. The van der Waals surface area contributed by atoms with Crippen LogP contribution in [-0.4, -0.2) is 35.5 Å². The molecule has 1 aromatic heterocycles. The van der Waals surface area contributed by atoms with Crippen molar-refractivity contribution in [3.8, 4) is 5.75 Å². The third-order valence-electron chi connectivity index (χ3n) is 4.71. The summed E-state index contributed by atoms with van der Waals surface area (Å²) in [5.74, 6) is 1.62. The molecule has 4 heteroatoms. The first kappa shape index (κ1) is 16.5. The minimum atomic E-state index is 0.165. The predicted molar refractivity (Wildman–Crippen MR) is 94.2 cm³/mol. The Kier molecular flexibility index (Phi) is 5.47. The number of rotatable bonds is 5. The summed E-state index contributed by atoms with van der Waals surface area (Å²) >= 11 is 0. The molecule has 126 valence electrons. The Morgan fingerprint density at radius 1 is 1.21 bits per heavy atom. The number of hydrogen-bond donors (Lipinski definition) is 0. The van der Waals surface area contributed by atoms with Crippen LogP contribution in [0.3, 0.4) is 0 Å². The van der Waals surface area contributed by atoms with Crippen LogP contribution in [-0.2, 0) is 0 Å². The lowest BCUT2D eigenvalue weighted by atomic mass is 9.93. The van der Waals surface area contributed by atoms with Gasteiger partial charge in [0.2, 0.25) is 0 Å². The summed E-state index contributed by atoms with van der Waals surface area (Å²) in [6, 6.07) is 11.6. The molecule has 1 aromatic carbocycles. The lowest BCUT2D eigenvalue weighted by Gasteiger charge is -2.32. The zero-order valence-corrected chi connectivity index (χ0v) is 14.1. The number of benzene rings is 1. The zero-order valence-electron chi connectivity index (χ0n) is 14.1. The van der Waals surface area contributed by atoms with Crippen molar-refractivity contribution in [2.45, 2.75) is 26.2 Å². The van der Waals surface area contributed by atoms with Gasteiger partial charge in [0, 0.05) is 24.8 Å². The summed E-state index contributed by atoms with van der Waals surface area (Å²) in [5.41, 5.74) is 1.88. The summed E-state index contributed by atoms with van der Waals surface area (Å²) < 4.78 is 5.73. The van der Waals surface area contributed by atoms with E-state index in [1.165, 1.54) is 0 Å². The van der Waals surface area contributed by atoms with E-state index in [-0.39, 0.29) is 5.91 Å². The minimum absolute atomic E-state index is 0.165. The first-order chi connectivity index (χ1) is 11.7. The van der Waals surface area contributed by atoms with E-state index < -0.39 is 0 Å². The second kappa shape index (κ2) is 7.95. The third-order valence-corrected chi connectivity index (χ3v) is 4.71. The molecule has 3 rings (SSSR count). The van der Waals surface area contributed by atoms with Gasteiger partial charge in [-0.25, -0.2) is 0 Å². The first-order valence-corrected chi connectivity index (χ1v) is 8.62. The van der Waals surface area contributed by atoms with Gasteiger partial charge >= 0.3 is 0 Å². The molecule has 0 unspecified atom stereocenters. The molecule has 0 aliphatic carbocycles. The molecule has 0 atom stereocenters. The number of aryl methyl sites for hydroxylation is 1. The average molecular weight is 324 g/mol. The number of piperidine rings is 1. The molecule has 1 saturated heterocycles. The van der Waals surface area contributed by atoms with Gasteiger partial charge in [-0.3, -0.25) is 9.78 Å². The van der Waals surface area contributed by atoms with Crippen molar-refractivity contribution in [3.05, 3.63) is 59.9 Å². The highest BCUT2D eigenvalue weighted by Gasteiger charge is 2.24. The maximum atomic E-state index is 12.6. The lowest BCUT2D eigenvalue weighted by molar-refractivity contribution is 0.0679. The van der Waals surface area contributed by atoms with E-state index in [4.69, 9.17) is 4.74 Å². The van der Waals surface area contributed by atoms with Crippen LogP contribution in [0.25, 0.3) is 0 Å². The van der Waals surface area contributed by atoms with E-state index in [1.807, 2.05) is 48.2 Å². The van der Waals surface area contributed by atoms with E-state index in [2.05, 4.69) is 4.98 Å². The monoisotopic (exact) mass is 324 g/mol. The Balaban J connectivity index is 1.44. The SMILES string of the molecule is Cc1ccccc1C(=O)N1CCC(CCOc2cccnc2)CC1. The summed E-state index contributed by atoms with van der Waals surface area (Å²) in [7, 11) is 0.